The smallest absolute Gasteiger partial charge is 0.193 e. The first-order valence-electron chi connectivity index (χ1n) is 8.59. The average Bonchev–Trinajstić information content (AvgIpc) is 3.02. The summed E-state index contributed by atoms with van der Waals surface area (Å²) in [7, 11) is 3.75. The molecule has 2 aromatic rings. The van der Waals surface area contributed by atoms with Crippen molar-refractivity contribution in [2.75, 3.05) is 27.2 Å². The maximum absolute atomic E-state index is 5.86. The Morgan fingerprint density at radius 2 is 1.92 bits per heavy atom. The molecule has 0 aliphatic carbocycles. The van der Waals surface area contributed by atoms with E-state index in [1.165, 1.54) is 11.1 Å². The number of ether oxygens (including phenoxy) is 1. The van der Waals surface area contributed by atoms with E-state index in [9.17, 15) is 0 Å². The van der Waals surface area contributed by atoms with Crippen molar-refractivity contribution in [3.63, 3.8) is 0 Å². The molecule has 0 bridgehead atoms. The number of aromatic nitrogens is 1. The second-order valence-corrected chi connectivity index (χ2v) is 6.13. The standard InChI is InChI=1S/C19H28N4O2.HI/c1-6-16-12-18(25-22-16)13-21-19(20-4)23(5)7-8-24-17-10-14(2)9-15(3)11-17;/h9-12H,6-8,13H2,1-5H3,(H,20,21);1H. The minimum absolute atomic E-state index is 0. The molecule has 0 saturated carbocycles. The zero-order valence-corrected chi connectivity index (χ0v) is 18.5. The maximum Gasteiger partial charge on any atom is 0.193 e. The largest absolute Gasteiger partial charge is 0.492 e. The first-order chi connectivity index (χ1) is 12.0. The molecule has 0 aliphatic heterocycles. The predicted molar refractivity (Wildman–Crippen MR) is 116 cm³/mol. The topological polar surface area (TPSA) is 62.9 Å². The fourth-order valence-corrected chi connectivity index (χ4v) is 2.58. The van der Waals surface area contributed by atoms with E-state index in [-0.39, 0.29) is 24.0 Å². The molecule has 144 valence electrons. The lowest BCUT2D eigenvalue weighted by Gasteiger charge is -2.21. The molecule has 2 rings (SSSR count). The monoisotopic (exact) mass is 472 g/mol. The minimum Gasteiger partial charge on any atom is -0.492 e. The van der Waals surface area contributed by atoms with Crippen LogP contribution in [0, 0.1) is 13.8 Å². The fraction of sp³-hybridized carbons (Fsp3) is 0.474. The summed E-state index contributed by atoms with van der Waals surface area (Å²) in [5.74, 6) is 2.50. The van der Waals surface area contributed by atoms with Crippen LogP contribution in [0.2, 0.25) is 0 Å². The average molecular weight is 472 g/mol. The number of hydrogen-bond donors (Lipinski definition) is 1. The summed E-state index contributed by atoms with van der Waals surface area (Å²) in [6, 6.07) is 8.20. The Hall–Kier alpha value is -1.77. The van der Waals surface area contributed by atoms with Crippen LogP contribution in [0.4, 0.5) is 0 Å². The van der Waals surface area contributed by atoms with E-state index in [2.05, 4.69) is 54.4 Å². The Morgan fingerprint density at radius 3 is 2.50 bits per heavy atom. The molecule has 0 amide bonds. The molecular formula is C19H29IN4O2. The maximum atomic E-state index is 5.86. The van der Waals surface area contributed by atoms with Gasteiger partial charge < -0.3 is 19.5 Å². The summed E-state index contributed by atoms with van der Waals surface area (Å²) in [5.41, 5.74) is 3.38. The van der Waals surface area contributed by atoms with Crippen molar-refractivity contribution >= 4 is 29.9 Å². The van der Waals surface area contributed by atoms with Crippen molar-refractivity contribution in [2.24, 2.45) is 4.99 Å². The second kappa shape index (κ2) is 11.1. The van der Waals surface area contributed by atoms with E-state index in [0.717, 1.165) is 36.1 Å². The van der Waals surface area contributed by atoms with Gasteiger partial charge in [-0.25, -0.2) is 0 Å². The molecule has 0 spiro atoms. The van der Waals surface area contributed by atoms with Crippen molar-refractivity contribution in [3.8, 4) is 5.75 Å². The molecular weight excluding hydrogens is 443 g/mol. The highest BCUT2D eigenvalue weighted by Gasteiger charge is 2.08. The number of rotatable bonds is 7. The van der Waals surface area contributed by atoms with Gasteiger partial charge in [-0.1, -0.05) is 18.1 Å². The summed E-state index contributed by atoms with van der Waals surface area (Å²) in [4.78, 5) is 6.33. The highest BCUT2D eigenvalue weighted by molar-refractivity contribution is 14.0. The van der Waals surface area contributed by atoms with Crippen LogP contribution in [-0.4, -0.2) is 43.3 Å². The fourth-order valence-electron chi connectivity index (χ4n) is 2.58. The van der Waals surface area contributed by atoms with E-state index >= 15 is 0 Å². The number of halogens is 1. The summed E-state index contributed by atoms with van der Waals surface area (Å²) in [6.07, 6.45) is 0.869. The van der Waals surface area contributed by atoms with Gasteiger partial charge in [0.15, 0.2) is 11.7 Å². The van der Waals surface area contributed by atoms with Gasteiger partial charge in [-0.05, 0) is 43.5 Å². The van der Waals surface area contributed by atoms with E-state index in [0.29, 0.717) is 13.2 Å². The SMILES string of the molecule is CCc1cc(CNC(=NC)N(C)CCOc2cc(C)cc(C)c2)on1.I. The van der Waals surface area contributed by atoms with Crippen molar-refractivity contribution in [1.29, 1.82) is 0 Å². The quantitative estimate of drug-likeness (QED) is 0.380. The lowest BCUT2D eigenvalue weighted by atomic mass is 10.1. The molecule has 0 radical (unpaired) electrons. The lowest BCUT2D eigenvalue weighted by Crippen LogP contribution is -2.40. The van der Waals surface area contributed by atoms with Crippen LogP contribution in [0.3, 0.4) is 0 Å². The van der Waals surface area contributed by atoms with Crippen LogP contribution >= 0.6 is 24.0 Å². The molecule has 0 atom stereocenters. The first kappa shape index (κ1) is 22.3. The number of likely N-dealkylation sites (N-methyl/N-ethyl adjacent to an activating group) is 1. The van der Waals surface area contributed by atoms with Crippen molar-refractivity contribution in [2.45, 2.75) is 33.7 Å². The molecule has 7 heteroatoms. The van der Waals surface area contributed by atoms with E-state index in [1.807, 2.05) is 18.0 Å². The Labute approximate surface area is 173 Å². The van der Waals surface area contributed by atoms with Crippen LogP contribution in [0.5, 0.6) is 5.75 Å². The lowest BCUT2D eigenvalue weighted by molar-refractivity contribution is 0.280. The molecule has 0 aliphatic rings. The van der Waals surface area contributed by atoms with Gasteiger partial charge in [0.1, 0.15) is 12.4 Å². The third kappa shape index (κ3) is 6.86. The summed E-state index contributed by atoms with van der Waals surface area (Å²) in [5, 5.41) is 7.27. The van der Waals surface area contributed by atoms with Gasteiger partial charge in [-0.15, -0.1) is 24.0 Å². The van der Waals surface area contributed by atoms with Crippen molar-refractivity contribution in [1.82, 2.24) is 15.4 Å². The van der Waals surface area contributed by atoms with Gasteiger partial charge in [0.25, 0.3) is 0 Å². The molecule has 0 saturated heterocycles. The molecule has 6 nitrogen and oxygen atoms in total. The Morgan fingerprint density at radius 1 is 1.23 bits per heavy atom. The Balaban J connectivity index is 0.00000338. The van der Waals surface area contributed by atoms with E-state index < -0.39 is 0 Å². The van der Waals surface area contributed by atoms with Crippen LogP contribution in [0.15, 0.2) is 33.8 Å². The minimum atomic E-state index is 0. The van der Waals surface area contributed by atoms with Crippen LogP contribution in [0.25, 0.3) is 0 Å². The number of aryl methyl sites for hydroxylation is 3. The van der Waals surface area contributed by atoms with E-state index in [1.54, 1.807) is 7.05 Å². The molecule has 0 fully saturated rings. The van der Waals surface area contributed by atoms with Gasteiger partial charge in [0.05, 0.1) is 18.8 Å². The zero-order valence-electron chi connectivity index (χ0n) is 16.2. The van der Waals surface area contributed by atoms with Crippen LogP contribution < -0.4 is 10.1 Å². The highest BCUT2D eigenvalue weighted by atomic mass is 127. The van der Waals surface area contributed by atoms with Crippen LogP contribution in [0.1, 0.15) is 29.5 Å². The number of nitrogens with one attached hydrogen (secondary N) is 1. The molecule has 0 unspecified atom stereocenters. The molecule has 1 aromatic heterocycles. The van der Waals surface area contributed by atoms with Gasteiger partial charge in [0.2, 0.25) is 0 Å². The number of aliphatic imine (C=N–C) groups is 1. The molecule has 1 heterocycles. The van der Waals surface area contributed by atoms with Gasteiger partial charge in [-0.2, -0.15) is 0 Å². The Bertz CT molecular complexity index is 695. The van der Waals surface area contributed by atoms with Crippen molar-refractivity contribution in [3.05, 3.63) is 46.8 Å². The van der Waals surface area contributed by atoms with Crippen LogP contribution in [-0.2, 0) is 13.0 Å². The summed E-state index contributed by atoms with van der Waals surface area (Å²) < 4.78 is 11.1. The highest BCUT2D eigenvalue weighted by Crippen LogP contribution is 2.16. The first-order valence-corrected chi connectivity index (χ1v) is 8.59. The number of guanidine groups is 1. The van der Waals surface area contributed by atoms with Gasteiger partial charge >= 0.3 is 0 Å². The number of benzene rings is 1. The normalized spacial score (nSPS) is 11.0. The third-order valence-electron chi connectivity index (χ3n) is 3.85. The second-order valence-electron chi connectivity index (χ2n) is 6.13. The Kier molecular flexibility index (Phi) is 9.47. The summed E-state index contributed by atoms with van der Waals surface area (Å²) >= 11 is 0. The predicted octanol–water partition coefficient (Wildman–Crippen LogP) is 3.56. The summed E-state index contributed by atoms with van der Waals surface area (Å²) in [6.45, 7) is 8.07. The number of nitrogens with zero attached hydrogens (tertiary/aromatic N) is 3. The zero-order chi connectivity index (χ0) is 18.2. The van der Waals surface area contributed by atoms with E-state index in [4.69, 9.17) is 9.26 Å². The molecule has 1 aromatic carbocycles. The number of hydrogen-bond acceptors (Lipinski definition) is 4. The van der Waals surface area contributed by atoms with Crippen molar-refractivity contribution < 1.29 is 9.26 Å². The van der Waals surface area contributed by atoms with Gasteiger partial charge in [-0.3, -0.25) is 4.99 Å². The van der Waals surface area contributed by atoms with Gasteiger partial charge in [0, 0.05) is 20.2 Å². The molecule has 26 heavy (non-hydrogen) atoms. The molecule has 1 N–H and O–H groups in total. The third-order valence-corrected chi connectivity index (χ3v) is 3.85.